The summed E-state index contributed by atoms with van der Waals surface area (Å²) in [5.41, 5.74) is 1.07. The molecule has 2 rings (SSSR count). The maximum atomic E-state index is 12.5. The zero-order valence-corrected chi connectivity index (χ0v) is 18.2. The van der Waals surface area contributed by atoms with Gasteiger partial charge in [-0.2, -0.15) is 0 Å². The van der Waals surface area contributed by atoms with E-state index in [-0.39, 0.29) is 24.9 Å². The fourth-order valence-electron chi connectivity index (χ4n) is 2.71. The van der Waals surface area contributed by atoms with Gasteiger partial charge in [-0.05, 0) is 36.9 Å². The number of hydrogen-bond acceptors (Lipinski definition) is 6. The third kappa shape index (κ3) is 6.53. The summed E-state index contributed by atoms with van der Waals surface area (Å²) in [5, 5.41) is 5.91. The van der Waals surface area contributed by atoms with Crippen LogP contribution in [-0.4, -0.2) is 57.7 Å². The summed E-state index contributed by atoms with van der Waals surface area (Å²) in [6.07, 6.45) is 0. The van der Waals surface area contributed by atoms with Gasteiger partial charge >= 0.3 is 0 Å². The Bertz CT molecular complexity index is 874. The van der Waals surface area contributed by atoms with Crippen LogP contribution in [0.2, 0.25) is 5.02 Å². The van der Waals surface area contributed by atoms with Crippen molar-refractivity contribution >= 4 is 34.8 Å². The number of anilines is 2. The van der Waals surface area contributed by atoms with Crippen molar-refractivity contribution in [3.05, 3.63) is 41.4 Å². The Balaban J connectivity index is 1.95. The molecule has 2 aromatic carbocycles. The lowest BCUT2D eigenvalue weighted by atomic mass is 10.2. The Morgan fingerprint density at radius 2 is 1.50 bits per heavy atom. The van der Waals surface area contributed by atoms with Crippen molar-refractivity contribution in [2.24, 2.45) is 0 Å². The van der Waals surface area contributed by atoms with E-state index in [0.717, 1.165) is 0 Å². The normalized spacial score (nSPS) is 10.5. The Kier molecular flexibility index (Phi) is 8.76. The molecule has 9 heteroatoms. The average Bonchev–Trinajstić information content (AvgIpc) is 2.73. The van der Waals surface area contributed by atoms with Gasteiger partial charge in [0.25, 0.3) is 0 Å². The minimum atomic E-state index is -0.298. The van der Waals surface area contributed by atoms with E-state index in [2.05, 4.69) is 10.6 Å². The molecular weight excluding hydrogens is 410 g/mol. The Morgan fingerprint density at radius 3 is 2.03 bits per heavy atom. The van der Waals surface area contributed by atoms with Crippen LogP contribution in [0.5, 0.6) is 17.2 Å². The second-order valence-corrected chi connectivity index (χ2v) is 6.72. The van der Waals surface area contributed by atoms with E-state index in [9.17, 15) is 9.59 Å². The summed E-state index contributed by atoms with van der Waals surface area (Å²) in [6.45, 7) is 2.48. The molecule has 8 nitrogen and oxygen atoms in total. The van der Waals surface area contributed by atoms with E-state index in [1.54, 1.807) is 48.4 Å². The molecule has 0 aromatic heterocycles. The maximum Gasteiger partial charge on any atom is 0.238 e. The Labute approximate surface area is 181 Å². The summed E-state index contributed by atoms with van der Waals surface area (Å²) < 4.78 is 15.5. The predicted octanol–water partition coefficient (Wildman–Crippen LogP) is 3.26. The minimum absolute atomic E-state index is 0.0271. The van der Waals surface area contributed by atoms with Gasteiger partial charge in [-0.25, -0.2) is 0 Å². The SMILES string of the molecule is CCN(CC(=O)Nc1ccc(OC)cc1)CC(=O)Nc1cc(Cl)c(OC)cc1OC. The van der Waals surface area contributed by atoms with E-state index < -0.39 is 0 Å². The van der Waals surface area contributed by atoms with Crippen molar-refractivity contribution in [2.45, 2.75) is 6.92 Å². The number of carbonyl (C=O) groups excluding carboxylic acids is 2. The van der Waals surface area contributed by atoms with Crippen LogP contribution >= 0.6 is 11.6 Å². The summed E-state index contributed by atoms with van der Waals surface area (Å²) in [5.74, 6) is 1.05. The molecule has 2 amide bonds. The lowest BCUT2D eigenvalue weighted by Gasteiger charge is -2.20. The molecule has 162 valence electrons. The van der Waals surface area contributed by atoms with Gasteiger partial charge in [-0.1, -0.05) is 18.5 Å². The van der Waals surface area contributed by atoms with Crippen LogP contribution in [0.1, 0.15) is 6.92 Å². The first-order valence-corrected chi connectivity index (χ1v) is 9.65. The monoisotopic (exact) mass is 435 g/mol. The molecule has 0 saturated carbocycles. The first kappa shape index (κ1) is 23.3. The van der Waals surface area contributed by atoms with Crippen LogP contribution in [0.15, 0.2) is 36.4 Å². The fourth-order valence-corrected chi connectivity index (χ4v) is 2.95. The smallest absolute Gasteiger partial charge is 0.238 e. The number of ether oxygens (including phenoxy) is 3. The molecule has 2 N–H and O–H groups in total. The number of hydrogen-bond donors (Lipinski definition) is 2. The molecule has 0 atom stereocenters. The van der Waals surface area contributed by atoms with Gasteiger partial charge in [0.05, 0.1) is 45.1 Å². The average molecular weight is 436 g/mol. The van der Waals surface area contributed by atoms with Crippen LogP contribution in [0, 0.1) is 0 Å². The zero-order valence-electron chi connectivity index (χ0n) is 17.5. The Hall–Kier alpha value is -2.97. The maximum absolute atomic E-state index is 12.5. The number of benzene rings is 2. The summed E-state index contributed by atoms with van der Waals surface area (Å²) in [6, 6.07) is 10.2. The minimum Gasteiger partial charge on any atom is -0.497 e. The quantitative estimate of drug-likeness (QED) is 0.595. The van der Waals surface area contributed by atoms with Crippen molar-refractivity contribution in [3.8, 4) is 17.2 Å². The topological polar surface area (TPSA) is 89.1 Å². The molecule has 0 heterocycles. The van der Waals surface area contributed by atoms with E-state index in [4.69, 9.17) is 25.8 Å². The lowest BCUT2D eigenvalue weighted by Crippen LogP contribution is -2.38. The van der Waals surface area contributed by atoms with Crippen LogP contribution in [0.4, 0.5) is 11.4 Å². The number of rotatable bonds is 10. The van der Waals surface area contributed by atoms with Crippen molar-refractivity contribution < 1.29 is 23.8 Å². The number of nitrogens with one attached hydrogen (secondary N) is 2. The van der Waals surface area contributed by atoms with Crippen LogP contribution in [0.3, 0.4) is 0 Å². The second-order valence-electron chi connectivity index (χ2n) is 6.32. The van der Waals surface area contributed by atoms with E-state index >= 15 is 0 Å². The largest absolute Gasteiger partial charge is 0.497 e. The summed E-state index contributed by atoms with van der Waals surface area (Å²) in [7, 11) is 4.56. The van der Waals surface area contributed by atoms with E-state index in [1.807, 2.05) is 6.92 Å². The van der Waals surface area contributed by atoms with Crippen molar-refractivity contribution in [1.82, 2.24) is 4.90 Å². The number of nitrogens with zero attached hydrogens (tertiary/aromatic N) is 1. The zero-order chi connectivity index (χ0) is 22.1. The predicted molar refractivity (Wildman–Crippen MR) is 117 cm³/mol. The number of carbonyl (C=O) groups is 2. The molecule has 0 unspecified atom stereocenters. The lowest BCUT2D eigenvalue weighted by molar-refractivity contribution is -0.119. The van der Waals surface area contributed by atoms with E-state index in [0.29, 0.717) is 40.2 Å². The van der Waals surface area contributed by atoms with Crippen molar-refractivity contribution in [3.63, 3.8) is 0 Å². The molecule has 0 aliphatic carbocycles. The highest BCUT2D eigenvalue weighted by Gasteiger charge is 2.16. The van der Waals surface area contributed by atoms with Crippen LogP contribution in [0.25, 0.3) is 0 Å². The highest BCUT2D eigenvalue weighted by atomic mass is 35.5. The Morgan fingerprint density at radius 1 is 0.900 bits per heavy atom. The second kappa shape index (κ2) is 11.3. The van der Waals surface area contributed by atoms with Crippen LogP contribution in [-0.2, 0) is 9.59 Å². The molecule has 0 aliphatic rings. The van der Waals surface area contributed by atoms with Crippen LogP contribution < -0.4 is 24.8 Å². The molecule has 0 bridgehead atoms. The summed E-state index contributed by atoms with van der Waals surface area (Å²) in [4.78, 5) is 26.5. The van der Waals surface area contributed by atoms with E-state index in [1.165, 1.54) is 14.2 Å². The number of methoxy groups -OCH3 is 3. The molecule has 0 radical (unpaired) electrons. The highest BCUT2D eigenvalue weighted by Crippen LogP contribution is 2.35. The number of halogens is 1. The van der Waals surface area contributed by atoms with Crippen molar-refractivity contribution in [1.29, 1.82) is 0 Å². The van der Waals surface area contributed by atoms with Gasteiger partial charge in [0.2, 0.25) is 11.8 Å². The van der Waals surface area contributed by atoms with Gasteiger partial charge in [-0.15, -0.1) is 0 Å². The number of likely N-dealkylation sites (N-methyl/N-ethyl adjacent to an activating group) is 1. The standard InChI is InChI=1S/C21H26ClN3O5/c1-5-25(12-20(26)23-14-6-8-15(28-2)9-7-14)13-21(27)24-17-10-16(22)18(29-3)11-19(17)30-4/h6-11H,5,12-13H2,1-4H3,(H,23,26)(H,24,27). The molecule has 30 heavy (non-hydrogen) atoms. The number of amides is 2. The van der Waals surface area contributed by atoms with Gasteiger partial charge in [0.1, 0.15) is 17.2 Å². The first-order chi connectivity index (χ1) is 14.4. The van der Waals surface area contributed by atoms with Gasteiger partial charge in [0.15, 0.2) is 0 Å². The van der Waals surface area contributed by atoms with Gasteiger partial charge in [0, 0.05) is 11.8 Å². The molecule has 0 saturated heterocycles. The molecular formula is C21H26ClN3O5. The summed E-state index contributed by atoms with van der Waals surface area (Å²) >= 11 is 6.14. The molecule has 0 spiro atoms. The van der Waals surface area contributed by atoms with Crippen molar-refractivity contribution in [2.75, 3.05) is 51.6 Å². The third-order valence-corrected chi connectivity index (χ3v) is 4.60. The molecule has 0 aliphatic heterocycles. The molecule has 0 fully saturated rings. The third-order valence-electron chi connectivity index (χ3n) is 4.30. The van der Waals surface area contributed by atoms with Gasteiger partial charge in [-0.3, -0.25) is 14.5 Å². The molecule has 2 aromatic rings. The fraction of sp³-hybridized carbons (Fsp3) is 0.333. The first-order valence-electron chi connectivity index (χ1n) is 9.27. The highest BCUT2D eigenvalue weighted by molar-refractivity contribution is 6.32. The van der Waals surface area contributed by atoms with Gasteiger partial charge < -0.3 is 24.8 Å².